The maximum absolute atomic E-state index is 12.4. The Bertz CT molecular complexity index is 665. The lowest BCUT2D eigenvalue weighted by Crippen LogP contribution is -2.14. The van der Waals surface area contributed by atoms with Gasteiger partial charge in [-0.2, -0.15) is 14.0 Å². The highest BCUT2D eigenvalue weighted by Crippen LogP contribution is 2.27. The van der Waals surface area contributed by atoms with Crippen molar-refractivity contribution in [2.75, 3.05) is 0 Å². The number of carbonyl (C=O) groups is 1. The molecule has 3 nitrogen and oxygen atoms in total. The molecule has 106 valence electrons. The molecule has 2 aromatic rings. The van der Waals surface area contributed by atoms with Crippen LogP contribution >= 0.6 is 0 Å². The number of nitriles is 1. The molecule has 0 saturated heterocycles. The first kappa shape index (κ1) is 14.7. The summed E-state index contributed by atoms with van der Waals surface area (Å²) in [5.41, 5.74) is 0.477. The van der Waals surface area contributed by atoms with E-state index in [1.165, 1.54) is 24.3 Å². The van der Waals surface area contributed by atoms with Crippen LogP contribution in [0, 0.1) is 11.3 Å². The van der Waals surface area contributed by atoms with Gasteiger partial charge in [-0.3, -0.25) is 4.79 Å². The first-order valence-electron chi connectivity index (χ1n) is 6.16. The number of alkyl halides is 2. The summed E-state index contributed by atoms with van der Waals surface area (Å²) >= 11 is 0. The molecule has 0 saturated carbocycles. The molecule has 0 heterocycles. The fourth-order valence-electron chi connectivity index (χ4n) is 1.95. The number of ketones is 1. The lowest BCUT2D eigenvalue weighted by atomic mass is 9.91. The van der Waals surface area contributed by atoms with Crippen LogP contribution < -0.4 is 4.74 Å². The maximum atomic E-state index is 12.4. The van der Waals surface area contributed by atoms with E-state index in [1.54, 1.807) is 30.3 Å². The summed E-state index contributed by atoms with van der Waals surface area (Å²) in [6.07, 6.45) is 0. The monoisotopic (exact) mass is 287 g/mol. The van der Waals surface area contributed by atoms with Gasteiger partial charge in [0.05, 0.1) is 11.6 Å². The van der Waals surface area contributed by atoms with Crippen molar-refractivity contribution in [3.63, 3.8) is 0 Å². The predicted molar refractivity (Wildman–Crippen MR) is 72.2 cm³/mol. The Kier molecular flexibility index (Phi) is 4.62. The molecule has 1 unspecified atom stereocenters. The smallest absolute Gasteiger partial charge is 0.387 e. The van der Waals surface area contributed by atoms with Crippen molar-refractivity contribution in [3.05, 3.63) is 65.7 Å². The average molecular weight is 287 g/mol. The van der Waals surface area contributed by atoms with E-state index < -0.39 is 18.3 Å². The van der Waals surface area contributed by atoms with E-state index in [2.05, 4.69) is 4.74 Å². The normalized spacial score (nSPS) is 11.7. The van der Waals surface area contributed by atoms with Gasteiger partial charge in [0.2, 0.25) is 0 Å². The number of halogens is 2. The molecule has 0 bridgehead atoms. The molecule has 0 aliphatic rings. The zero-order valence-electron chi connectivity index (χ0n) is 10.9. The number of nitrogens with zero attached hydrogens (tertiary/aromatic N) is 1. The van der Waals surface area contributed by atoms with E-state index in [9.17, 15) is 18.8 Å². The minimum atomic E-state index is -3.03. The molecular formula is C16H11F2NO2. The number of ether oxygens (including phenoxy) is 1. The van der Waals surface area contributed by atoms with Gasteiger partial charge in [-0.05, 0) is 17.7 Å². The molecule has 0 fully saturated rings. The van der Waals surface area contributed by atoms with Crippen LogP contribution in [0.1, 0.15) is 21.8 Å². The molecule has 1 atom stereocenters. The quantitative estimate of drug-likeness (QED) is 0.786. The number of para-hydroxylation sites is 1. The van der Waals surface area contributed by atoms with Crippen molar-refractivity contribution >= 4 is 5.78 Å². The summed E-state index contributed by atoms with van der Waals surface area (Å²) in [4.78, 5) is 12.4. The summed E-state index contributed by atoms with van der Waals surface area (Å²) < 4.78 is 29.1. The van der Waals surface area contributed by atoms with Crippen molar-refractivity contribution in [2.45, 2.75) is 12.5 Å². The predicted octanol–water partition coefficient (Wildman–Crippen LogP) is 3.78. The second-order valence-corrected chi connectivity index (χ2v) is 4.21. The summed E-state index contributed by atoms with van der Waals surface area (Å²) in [5, 5.41) is 9.22. The molecule has 0 amide bonds. The fraction of sp³-hybridized carbons (Fsp3) is 0.125. The van der Waals surface area contributed by atoms with Gasteiger partial charge in [-0.15, -0.1) is 0 Å². The van der Waals surface area contributed by atoms with Crippen LogP contribution in [0.4, 0.5) is 8.78 Å². The van der Waals surface area contributed by atoms with Crippen molar-refractivity contribution < 1.29 is 18.3 Å². The van der Waals surface area contributed by atoms with Gasteiger partial charge >= 0.3 is 6.61 Å². The van der Waals surface area contributed by atoms with Crippen LogP contribution in [0.3, 0.4) is 0 Å². The van der Waals surface area contributed by atoms with Gasteiger partial charge in [0.25, 0.3) is 0 Å². The second-order valence-electron chi connectivity index (χ2n) is 4.21. The zero-order chi connectivity index (χ0) is 15.2. The molecule has 0 aromatic heterocycles. The van der Waals surface area contributed by atoms with E-state index >= 15 is 0 Å². The fourth-order valence-corrected chi connectivity index (χ4v) is 1.95. The van der Waals surface area contributed by atoms with Crippen molar-refractivity contribution in [1.29, 1.82) is 5.26 Å². The van der Waals surface area contributed by atoms with E-state index in [0.717, 1.165) is 0 Å². The molecule has 2 aromatic carbocycles. The Labute approximate surface area is 120 Å². The van der Waals surface area contributed by atoms with Crippen molar-refractivity contribution in [3.8, 4) is 11.8 Å². The third kappa shape index (κ3) is 3.42. The number of hydrogen-bond acceptors (Lipinski definition) is 3. The lowest BCUT2D eigenvalue weighted by molar-refractivity contribution is -0.0501. The number of benzene rings is 2. The molecule has 0 aliphatic heterocycles. The molecule has 2 rings (SSSR count). The molecule has 0 N–H and O–H groups in total. The maximum Gasteiger partial charge on any atom is 0.387 e. The summed E-state index contributed by atoms with van der Waals surface area (Å²) in [7, 11) is 0. The standard InChI is InChI=1S/C16H11F2NO2/c17-16(18)21-14-9-5-4-8-12(14)15(20)13(10-19)11-6-2-1-3-7-11/h1-9,13,16H. The van der Waals surface area contributed by atoms with E-state index in [4.69, 9.17) is 0 Å². The Morgan fingerprint density at radius 1 is 1.05 bits per heavy atom. The molecule has 0 radical (unpaired) electrons. The van der Waals surface area contributed by atoms with Gasteiger partial charge in [0.1, 0.15) is 11.7 Å². The average Bonchev–Trinajstić information content (AvgIpc) is 2.49. The number of carbonyl (C=O) groups excluding carboxylic acids is 1. The van der Waals surface area contributed by atoms with E-state index in [1.807, 2.05) is 6.07 Å². The lowest BCUT2D eigenvalue weighted by Gasteiger charge is -2.12. The molecule has 0 aliphatic carbocycles. The summed E-state index contributed by atoms with van der Waals surface area (Å²) in [5.74, 6) is -1.86. The summed E-state index contributed by atoms with van der Waals surface area (Å²) in [6, 6.07) is 16.0. The summed E-state index contributed by atoms with van der Waals surface area (Å²) in [6.45, 7) is -3.03. The largest absolute Gasteiger partial charge is 0.434 e. The van der Waals surface area contributed by atoms with Crippen LogP contribution in [-0.2, 0) is 0 Å². The van der Waals surface area contributed by atoms with Gasteiger partial charge in [-0.1, -0.05) is 42.5 Å². The van der Waals surface area contributed by atoms with Gasteiger partial charge in [0, 0.05) is 0 Å². The van der Waals surface area contributed by atoms with E-state index in [0.29, 0.717) is 5.56 Å². The first-order chi connectivity index (χ1) is 10.1. The van der Waals surface area contributed by atoms with Gasteiger partial charge in [0.15, 0.2) is 5.78 Å². The van der Waals surface area contributed by atoms with E-state index in [-0.39, 0.29) is 11.3 Å². The van der Waals surface area contributed by atoms with Crippen molar-refractivity contribution in [1.82, 2.24) is 0 Å². The highest BCUT2D eigenvalue weighted by Gasteiger charge is 2.25. The SMILES string of the molecule is N#CC(C(=O)c1ccccc1OC(F)F)c1ccccc1. The van der Waals surface area contributed by atoms with Crippen LogP contribution in [0.5, 0.6) is 5.75 Å². The number of hydrogen-bond donors (Lipinski definition) is 0. The van der Waals surface area contributed by atoms with Gasteiger partial charge < -0.3 is 4.74 Å². The van der Waals surface area contributed by atoms with Crippen LogP contribution in [0.15, 0.2) is 54.6 Å². The Morgan fingerprint density at radius 3 is 2.29 bits per heavy atom. The van der Waals surface area contributed by atoms with Crippen molar-refractivity contribution in [2.24, 2.45) is 0 Å². The van der Waals surface area contributed by atoms with Crippen LogP contribution in [0.2, 0.25) is 0 Å². The molecular weight excluding hydrogens is 276 g/mol. The highest BCUT2D eigenvalue weighted by molar-refractivity contribution is 6.04. The Balaban J connectivity index is 2.37. The molecule has 5 heteroatoms. The third-order valence-corrected chi connectivity index (χ3v) is 2.89. The minimum Gasteiger partial charge on any atom is -0.434 e. The Morgan fingerprint density at radius 2 is 1.67 bits per heavy atom. The zero-order valence-corrected chi connectivity index (χ0v) is 10.9. The highest BCUT2D eigenvalue weighted by atomic mass is 19.3. The first-order valence-corrected chi connectivity index (χ1v) is 6.16. The number of rotatable bonds is 5. The Hall–Kier alpha value is -2.74. The second kappa shape index (κ2) is 6.62. The van der Waals surface area contributed by atoms with Crippen LogP contribution in [0.25, 0.3) is 0 Å². The minimum absolute atomic E-state index is 0.0341. The topological polar surface area (TPSA) is 50.1 Å². The molecule has 0 spiro atoms. The molecule has 21 heavy (non-hydrogen) atoms. The van der Waals surface area contributed by atoms with Crippen LogP contribution in [-0.4, -0.2) is 12.4 Å². The third-order valence-electron chi connectivity index (χ3n) is 2.89. The van der Waals surface area contributed by atoms with Gasteiger partial charge in [-0.25, -0.2) is 0 Å². The number of Topliss-reactive ketones (excluding diaryl/α,β-unsaturated/α-hetero) is 1.